The van der Waals surface area contributed by atoms with Gasteiger partial charge in [-0.3, -0.25) is 9.59 Å². The minimum Gasteiger partial charge on any atom is -0.338 e. The summed E-state index contributed by atoms with van der Waals surface area (Å²) in [6.07, 6.45) is 0.950. The van der Waals surface area contributed by atoms with Gasteiger partial charge in [0.15, 0.2) is 5.78 Å². The first-order chi connectivity index (χ1) is 14.7. The maximum atomic E-state index is 13.1. The average molecular weight is 463 g/mol. The van der Waals surface area contributed by atoms with E-state index in [9.17, 15) is 18.0 Å². The number of carbonyl (C=O) groups excluding carboxylic acids is 2. The van der Waals surface area contributed by atoms with Gasteiger partial charge in [0.2, 0.25) is 15.9 Å². The summed E-state index contributed by atoms with van der Waals surface area (Å²) in [6, 6.07) is 13.4. The highest BCUT2D eigenvalue weighted by Gasteiger charge is 2.33. The number of ketones is 1. The highest BCUT2D eigenvalue weighted by Crippen LogP contribution is 2.26. The molecule has 1 aliphatic heterocycles. The SMILES string of the molecule is CCN(Cc1ccccc1Cl)C(=O)C1CCN(S(=O)(=O)c2ccc(C(C)=O)cc2)CC1. The van der Waals surface area contributed by atoms with Gasteiger partial charge in [-0.15, -0.1) is 0 Å². The molecule has 0 aliphatic carbocycles. The Morgan fingerprint density at radius 1 is 1.06 bits per heavy atom. The zero-order chi connectivity index (χ0) is 22.6. The van der Waals surface area contributed by atoms with Crippen LogP contribution < -0.4 is 0 Å². The topological polar surface area (TPSA) is 74.8 Å². The van der Waals surface area contributed by atoms with Crippen LogP contribution in [0.15, 0.2) is 53.4 Å². The number of halogens is 1. The van der Waals surface area contributed by atoms with Crippen molar-refractivity contribution >= 4 is 33.3 Å². The molecule has 2 aromatic carbocycles. The minimum absolute atomic E-state index is 0.0327. The van der Waals surface area contributed by atoms with E-state index >= 15 is 0 Å². The molecule has 0 aromatic heterocycles. The summed E-state index contributed by atoms with van der Waals surface area (Å²) >= 11 is 6.24. The zero-order valence-electron chi connectivity index (χ0n) is 17.8. The van der Waals surface area contributed by atoms with Gasteiger partial charge < -0.3 is 4.90 Å². The molecule has 1 heterocycles. The van der Waals surface area contributed by atoms with E-state index in [0.29, 0.717) is 36.5 Å². The van der Waals surface area contributed by atoms with Gasteiger partial charge in [0.1, 0.15) is 0 Å². The van der Waals surface area contributed by atoms with Crippen molar-refractivity contribution in [1.82, 2.24) is 9.21 Å². The average Bonchev–Trinajstić information content (AvgIpc) is 2.78. The Labute approximate surface area is 188 Å². The first kappa shape index (κ1) is 23.4. The molecule has 2 aromatic rings. The lowest BCUT2D eigenvalue weighted by Crippen LogP contribution is -2.44. The van der Waals surface area contributed by atoms with E-state index < -0.39 is 10.0 Å². The summed E-state index contributed by atoms with van der Waals surface area (Å²) in [7, 11) is -3.65. The van der Waals surface area contributed by atoms with E-state index in [1.54, 1.807) is 4.90 Å². The third-order valence-corrected chi connectivity index (χ3v) is 8.00. The van der Waals surface area contributed by atoms with E-state index in [0.717, 1.165) is 5.56 Å². The van der Waals surface area contributed by atoms with Crippen molar-refractivity contribution in [3.05, 3.63) is 64.7 Å². The Bertz CT molecular complexity index is 1050. The molecular weight excluding hydrogens is 436 g/mol. The highest BCUT2D eigenvalue weighted by atomic mass is 35.5. The van der Waals surface area contributed by atoms with E-state index in [2.05, 4.69) is 0 Å². The predicted molar refractivity (Wildman–Crippen MR) is 120 cm³/mol. The molecule has 8 heteroatoms. The van der Waals surface area contributed by atoms with Crippen LogP contribution in [0.1, 0.15) is 42.6 Å². The fourth-order valence-corrected chi connectivity index (χ4v) is 5.45. The van der Waals surface area contributed by atoms with Crippen molar-refractivity contribution in [3.8, 4) is 0 Å². The zero-order valence-corrected chi connectivity index (χ0v) is 19.3. The molecule has 1 fully saturated rings. The molecule has 0 unspecified atom stereocenters. The molecule has 0 saturated carbocycles. The Hall–Kier alpha value is -2.22. The van der Waals surface area contributed by atoms with Crippen LogP contribution in [-0.2, 0) is 21.4 Å². The highest BCUT2D eigenvalue weighted by molar-refractivity contribution is 7.89. The summed E-state index contributed by atoms with van der Waals surface area (Å²) < 4.78 is 27.3. The molecule has 1 amide bonds. The van der Waals surface area contributed by atoms with Crippen LogP contribution in [0.5, 0.6) is 0 Å². The van der Waals surface area contributed by atoms with Crippen LogP contribution in [0.25, 0.3) is 0 Å². The fraction of sp³-hybridized carbons (Fsp3) is 0.391. The Kier molecular flexibility index (Phi) is 7.51. The first-order valence-electron chi connectivity index (χ1n) is 10.4. The van der Waals surface area contributed by atoms with Crippen LogP contribution in [-0.4, -0.2) is 48.9 Å². The van der Waals surface area contributed by atoms with E-state index in [-0.39, 0.29) is 35.6 Å². The predicted octanol–water partition coefficient (Wildman–Crippen LogP) is 3.99. The van der Waals surface area contributed by atoms with Crippen molar-refractivity contribution in [2.45, 2.75) is 38.1 Å². The van der Waals surface area contributed by atoms with E-state index in [1.807, 2.05) is 31.2 Å². The number of piperidine rings is 1. The van der Waals surface area contributed by atoms with Gasteiger partial charge in [0, 0.05) is 42.7 Å². The number of hydrogen-bond donors (Lipinski definition) is 0. The molecule has 166 valence electrons. The van der Waals surface area contributed by atoms with Gasteiger partial charge in [0.25, 0.3) is 0 Å². The maximum absolute atomic E-state index is 13.1. The largest absolute Gasteiger partial charge is 0.338 e. The standard InChI is InChI=1S/C23H27ClN2O4S/c1-3-25(16-20-6-4-5-7-22(20)24)23(28)19-12-14-26(15-13-19)31(29,30)21-10-8-18(9-11-21)17(2)27/h4-11,19H,3,12-16H2,1-2H3. The molecule has 1 aliphatic rings. The molecule has 0 N–H and O–H groups in total. The molecule has 0 bridgehead atoms. The molecule has 1 saturated heterocycles. The van der Waals surface area contributed by atoms with E-state index in [1.165, 1.54) is 35.5 Å². The lowest BCUT2D eigenvalue weighted by Gasteiger charge is -2.33. The summed E-state index contributed by atoms with van der Waals surface area (Å²) in [5.74, 6) is -0.292. The van der Waals surface area contributed by atoms with Crippen molar-refractivity contribution in [1.29, 1.82) is 0 Å². The Morgan fingerprint density at radius 2 is 1.68 bits per heavy atom. The van der Waals surface area contributed by atoms with Gasteiger partial charge in [-0.1, -0.05) is 41.9 Å². The molecule has 3 rings (SSSR count). The summed E-state index contributed by atoms with van der Waals surface area (Å²) in [5, 5.41) is 0.630. The van der Waals surface area contributed by atoms with Crippen LogP contribution in [0.2, 0.25) is 5.02 Å². The minimum atomic E-state index is -3.65. The number of rotatable bonds is 7. The normalized spacial score (nSPS) is 15.6. The lowest BCUT2D eigenvalue weighted by molar-refractivity contribution is -0.137. The molecule has 6 nitrogen and oxygen atoms in total. The van der Waals surface area contributed by atoms with Gasteiger partial charge in [0.05, 0.1) is 4.90 Å². The third kappa shape index (κ3) is 5.34. The summed E-state index contributed by atoms with van der Waals surface area (Å²) in [4.78, 5) is 26.4. The van der Waals surface area contributed by atoms with Gasteiger partial charge in [-0.25, -0.2) is 8.42 Å². The number of hydrogen-bond acceptors (Lipinski definition) is 4. The van der Waals surface area contributed by atoms with Gasteiger partial charge >= 0.3 is 0 Å². The second-order valence-electron chi connectivity index (χ2n) is 7.70. The lowest BCUT2D eigenvalue weighted by atomic mass is 9.96. The van der Waals surface area contributed by atoms with Crippen molar-refractivity contribution in [2.24, 2.45) is 5.92 Å². The third-order valence-electron chi connectivity index (χ3n) is 5.71. The number of amides is 1. The molecule has 0 radical (unpaired) electrons. The second kappa shape index (κ2) is 9.94. The van der Waals surface area contributed by atoms with Crippen molar-refractivity contribution < 1.29 is 18.0 Å². The van der Waals surface area contributed by atoms with Gasteiger partial charge in [-0.05, 0) is 50.5 Å². The number of sulfonamides is 1. The number of benzene rings is 2. The molecule has 0 atom stereocenters. The first-order valence-corrected chi connectivity index (χ1v) is 12.2. The molecule has 31 heavy (non-hydrogen) atoms. The van der Waals surface area contributed by atoms with Crippen LogP contribution in [0, 0.1) is 5.92 Å². The van der Waals surface area contributed by atoms with Gasteiger partial charge in [-0.2, -0.15) is 4.31 Å². The smallest absolute Gasteiger partial charge is 0.243 e. The van der Waals surface area contributed by atoms with Crippen LogP contribution >= 0.6 is 11.6 Å². The summed E-state index contributed by atoms with van der Waals surface area (Å²) in [5.41, 5.74) is 1.37. The number of nitrogens with zero attached hydrogens (tertiary/aromatic N) is 2. The monoisotopic (exact) mass is 462 g/mol. The Balaban J connectivity index is 1.64. The summed E-state index contributed by atoms with van der Waals surface area (Å²) in [6.45, 7) is 4.95. The van der Waals surface area contributed by atoms with Crippen molar-refractivity contribution in [3.63, 3.8) is 0 Å². The number of carbonyl (C=O) groups is 2. The van der Waals surface area contributed by atoms with Crippen molar-refractivity contribution in [2.75, 3.05) is 19.6 Å². The molecule has 0 spiro atoms. The number of Topliss-reactive ketones (excluding diaryl/α,β-unsaturated/α-hetero) is 1. The van der Waals surface area contributed by atoms with Crippen LogP contribution in [0.4, 0.5) is 0 Å². The Morgan fingerprint density at radius 3 is 2.23 bits per heavy atom. The van der Waals surface area contributed by atoms with E-state index in [4.69, 9.17) is 11.6 Å². The maximum Gasteiger partial charge on any atom is 0.243 e. The second-order valence-corrected chi connectivity index (χ2v) is 10.0. The quantitative estimate of drug-likeness (QED) is 0.583. The molecular formula is C23H27ClN2O4S. The fourth-order valence-electron chi connectivity index (χ4n) is 3.79. The van der Waals surface area contributed by atoms with Crippen LogP contribution in [0.3, 0.4) is 0 Å².